The fourth-order valence-electron chi connectivity index (χ4n) is 3.97. The summed E-state index contributed by atoms with van der Waals surface area (Å²) in [6, 6.07) is 15.2. The van der Waals surface area contributed by atoms with Gasteiger partial charge in [-0.3, -0.25) is 0 Å². The average molecular weight is 390 g/mol. The molecular weight excluding hydrogens is 364 g/mol. The van der Waals surface area contributed by atoms with E-state index in [1.807, 2.05) is 61.5 Å². The van der Waals surface area contributed by atoms with Crippen LogP contribution < -0.4 is 15.5 Å². The van der Waals surface area contributed by atoms with Crippen molar-refractivity contribution < 1.29 is 9.90 Å². The van der Waals surface area contributed by atoms with Crippen LogP contribution in [0.15, 0.2) is 48.5 Å². The fraction of sp³-hybridized carbons (Fsp3) is 0.304. The number of benzene rings is 2. The molecule has 1 aliphatic carbocycles. The number of hydrogen-bond acceptors (Lipinski definition) is 4. The number of phenols is 1. The van der Waals surface area contributed by atoms with Crippen LogP contribution in [0.25, 0.3) is 10.9 Å². The average Bonchev–Trinajstić information content (AvgIpc) is 2.72. The second-order valence-corrected chi connectivity index (χ2v) is 7.67. The van der Waals surface area contributed by atoms with Crippen molar-refractivity contribution in [1.29, 1.82) is 0 Å². The molecule has 1 aliphatic rings. The molecule has 2 aromatic carbocycles. The summed E-state index contributed by atoms with van der Waals surface area (Å²) >= 11 is 0. The first kappa shape index (κ1) is 19.1. The number of pyridine rings is 1. The van der Waals surface area contributed by atoms with E-state index in [0.717, 1.165) is 52.7 Å². The monoisotopic (exact) mass is 390 g/mol. The lowest BCUT2D eigenvalue weighted by Gasteiger charge is -2.27. The van der Waals surface area contributed by atoms with E-state index in [2.05, 4.69) is 15.6 Å². The van der Waals surface area contributed by atoms with Crippen molar-refractivity contribution in [2.75, 3.05) is 19.0 Å². The van der Waals surface area contributed by atoms with Crippen LogP contribution >= 0.6 is 0 Å². The van der Waals surface area contributed by atoms with Gasteiger partial charge < -0.3 is 20.6 Å². The molecule has 2 amide bonds. The van der Waals surface area contributed by atoms with Crippen molar-refractivity contribution in [2.24, 2.45) is 0 Å². The topological polar surface area (TPSA) is 77.5 Å². The van der Waals surface area contributed by atoms with Crippen LogP contribution in [0, 0.1) is 0 Å². The van der Waals surface area contributed by atoms with Crippen LogP contribution in [0.1, 0.15) is 35.6 Å². The zero-order valence-corrected chi connectivity index (χ0v) is 16.8. The van der Waals surface area contributed by atoms with Crippen molar-refractivity contribution in [3.05, 3.63) is 65.2 Å². The van der Waals surface area contributed by atoms with Crippen molar-refractivity contribution in [2.45, 2.75) is 31.8 Å². The standard InChI is InChI=1S/C23H26N4O2/c1-27(2)22-13-15(16-7-3-4-10-19(16)25-22)14-24-23(29)26-20-11-5-9-18-17(20)8-6-12-21(18)28/h3-4,6-8,10,12-13,20,28H,5,9,11,14H2,1-2H3,(H2,24,26,29). The van der Waals surface area contributed by atoms with Gasteiger partial charge in [-0.1, -0.05) is 30.3 Å². The van der Waals surface area contributed by atoms with Gasteiger partial charge in [-0.2, -0.15) is 0 Å². The molecule has 1 atom stereocenters. The minimum atomic E-state index is -0.210. The highest BCUT2D eigenvalue weighted by Gasteiger charge is 2.23. The zero-order chi connectivity index (χ0) is 20.4. The number of aromatic hydroxyl groups is 1. The third-order valence-electron chi connectivity index (χ3n) is 5.47. The fourth-order valence-corrected chi connectivity index (χ4v) is 3.97. The third-order valence-corrected chi connectivity index (χ3v) is 5.47. The highest BCUT2D eigenvalue weighted by Crippen LogP contribution is 2.34. The molecule has 6 heteroatoms. The molecule has 0 saturated heterocycles. The highest BCUT2D eigenvalue weighted by molar-refractivity contribution is 5.84. The quantitative estimate of drug-likeness (QED) is 0.632. The Morgan fingerprint density at radius 1 is 1.21 bits per heavy atom. The Balaban J connectivity index is 1.49. The largest absolute Gasteiger partial charge is 0.508 e. The predicted octanol–water partition coefficient (Wildman–Crippen LogP) is 3.88. The van der Waals surface area contributed by atoms with Gasteiger partial charge in [-0.25, -0.2) is 9.78 Å². The highest BCUT2D eigenvalue weighted by atomic mass is 16.3. The minimum Gasteiger partial charge on any atom is -0.508 e. The molecule has 4 rings (SSSR count). The van der Waals surface area contributed by atoms with Crippen LogP contribution in [-0.2, 0) is 13.0 Å². The minimum absolute atomic E-state index is 0.0858. The number of urea groups is 1. The summed E-state index contributed by atoms with van der Waals surface area (Å²) in [4.78, 5) is 19.2. The van der Waals surface area contributed by atoms with E-state index in [4.69, 9.17) is 0 Å². The molecule has 150 valence electrons. The molecule has 3 N–H and O–H groups in total. The summed E-state index contributed by atoms with van der Waals surface area (Å²) in [6.45, 7) is 0.412. The molecule has 0 aliphatic heterocycles. The Morgan fingerprint density at radius 3 is 2.86 bits per heavy atom. The number of phenolic OH excluding ortho intramolecular Hbond substituents is 1. The number of para-hydroxylation sites is 1. The first-order chi connectivity index (χ1) is 14.0. The first-order valence-electron chi connectivity index (χ1n) is 9.94. The van der Waals surface area contributed by atoms with Gasteiger partial charge in [0, 0.05) is 26.0 Å². The summed E-state index contributed by atoms with van der Waals surface area (Å²) in [5.74, 6) is 1.17. The van der Waals surface area contributed by atoms with Gasteiger partial charge in [0.1, 0.15) is 11.6 Å². The first-order valence-corrected chi connectivity index (χ1v) is 9.94. The van der Waals surface area contributed by atoms with E-state index in [-0.39, 0.29) is 12.1 Å². The van der Waals surface area contributed by atoms with Crippen LogP contribution in [0.2, 0.25) is 0 Å². The van der Waals surface area contributed by atoms with Gasteiger partial charge in [-0.05, 0) is 54.2 Å². The second kappa shape index (κ2) is 7.99. The Hall–Kier alpha value is -3.28. The number of hydrogen-bond donors (Lipinski definition) is 3. The van der Waals surface area contributed by atoms with Crippen molar-refractivity contribution in [3.8, 4) is 5.75 Å². The van der Waals surface area contributed by atoms with E-state index < -0.39 is 0 Å². The summed E-state index contributed by atoms with van der Waals surface area (Å²) in [6.07, 6.45) is 2.65. The Morgan fingerprint density at radius 2 is 2.03 bits per heavy atom. The summed E-state index contributed by atoms with van der Waals surface area (Å²) in [5, 5.41) is 17.2. The van der Waals surface area contributed by atoms with Gasteiger partial charge in [0.25, 0.3) is 0 Å². The SMILES string of the molecule is CN(C)c1cc(CNC(=O)NC2CCCc3c(O)cccc32)c2ccccc2n1. The molecule has 0 spiro atoms. The van der Waals surface area contributed by atoms with Gasteiger partial charge >= 0.3 is 6.03 Å². The lowest BCUT2D eigenvalue weighted by molar-refractivity contribution is 0.235. The molecule has 1 unspecified atom stereocenters. The summed E-state index contributed by atoms with van der Waals surface area (Å²) < 4.78 is 0. The molecule has 0 bridgehead atoms. The Kier molecular flexibility index (Phi) is 5.25. The summed E-state index contributed by atoms with van der Waals surface area (Å²) in [5.41, 5.74) is 3.89. The molecular formula is C23H26N4O2. The van der Waals surface area contributed by atoms with Gasteiger partial charge in [-0.15, -0.1) is 0 Å². The van der Waals surface area contributed by atoms with Crippen LogP contribution in [0.5, 0.6) is 5.75 Å². The molecule has 1 heterocycles. The van der Waals surface area contributed by atoms with Crippen molar-refractivity contribution in [1.82, 2.24) is 15.6 Å². The molecule has 29 heavy (non-hydrogen) atoms. The van der Waals surface area contributed by atoms with Crippen LogP contribution in [0.4, 0.5) is 10.6 Å². The van der Waals surface area contributed by atoms with Crippen LogP contribution in [0.3, 0.4) is 0 Å². The number of nitrogens with one attached hydrogen (secondary N) is 2. The van der Waals surface area contributed by atoms with Gasteiger partial charge in [0.2, 0.25) is 0 Å². The van der Waals surface area contributed by atoms with Crippen LogP contribution in [-0.4, -0.2) is 30.2 Å². The lowest BCUT2D eigenvalue weighted by Crippen LogP contribution is -2.38. The second-order valence-electron chi connectivity index (χ2n) is 7.67. The molecule has 0 saturated carbocycles. The number of rotatable bonds is 4. The molecule has 3 aromatic rings. The maximum Gasteiger partial charge on any atom is 0.315 e. The number of anilines is 1. The van der Waals surface area contributed by atoms with E-state index in [9.17, 15) is 9.90 Å². The molecule has 0 fully saturated rings. The maximum absolute atomic E-state index is 12.6. The smallest absolute Gasteiger partial charge is 0.315 e. The van der Waals surface area contributed by atoms with E-state index in [0.29, 0.717) is 12.3 Å². The third kappa shape index (κ3) is 3.97. The number of fused-ring (bicyclic) bond motifs is 2. The normalized spacial score (nSPS) is 15.6. The Labute approximate surface area is 170 Å². The zero-order valence-electron chi connectivity index (χ0n) is 16.8. The lowest BCUT2D eigenvalue weighted by atomic mass is 9.87. The number of carbonyl (C=O) groups is 1. The molecule has 1 aromatic heterocycles. The van der Waals surface area contributed by atoms with E-state index in [1.165, 1.54) is 0 Å². The van der Waals surface area contributed by atoms with Gasteiger partial charge in [0.05, 0.1) is 11.6 Å². The number of nitrogens with zero attached hydrogens (tertiary/aromatic N) is 2. The van der Waals surface area contributed by atoms with E-state index in [1.54, 1.807) is 6.07 Å². The number of aromatic nitrogens is 1. The maximum atomic E-state index is 12.6. The Bertz CT molecular complexity index is 1050. The van der Waals surface area contributed by atoms with Gasteiger partial charge in [0.15, 0.2) is 0 Å². The predicted molar refractivity (Wildman–Crippen MR) is 115 cm³/mol. The summed E-state index contributed by atoms with van der Waals surface area (Å²) in [7, 11) is 3.91. The molecule has 6 nitrogen and oxygen atoms in total. The van der Waals surface area contributed by atoms with Crippen molar-refractivity contribution >= 4 is 22.8 Å². The molecule has 0 radical (unpaired) electrons. The number of amides is 2. The van der Waals surface area contributed by atoms with E-state index >= 15 is 0 Å². The van der Waals surface area contributed by atoms with Crippen molar-refractivity contribution in [3.63, 3.8) is 0 Å². The number of carbonyl (C=O) groups excluding carboxylic acids is 1.